The van der Waals surface area contributed by atoms with Crippen LogP contribution in [0.4, 0.5) is 5.69 Å². The molecule has 0 aliphatic heterocycles. The molecule has 92 valence electrons. The van der Waals surface area contributed by atoms with Gasteiger partial charge in [-0.15, -0.1) is 0 Å². The van der Waals surface area contributed by atoms with Crippen molar-refractivity contribution in [3.8, 4) is 0 Å². The smallest absolute Gasteiger partial charge is 0.315 e. The molecule has 17 heavy (non-hydrogen) atoms. The molecule has 2 N–H and O–H groups in total. The monoisotopic (exact) mass is 235 g/mol. The molecular weight excluding hydrogens is 218 g/mol. The van der Waals surface area contributed by atoms with E-state index in [0.717, 1.165) is 16.7 Å². The highest BCUT2D eigenvalue weighted by Crippen LogP contribution is 2.22. The Morgan fingerprint density at radius 2 is 1.65 bits per heavy atom. The van der Waals surface area contributed by atoms with Crippen LogP contribution in [0, 0.1) is 26.7 Å². The highest BCUT2D eigenvalue weighted by Gasteiger charge is 2.21. The highest BCUT2D eigenvalue weighted by atomic mass is 16.4. The number of carbonyl (C=O) groups is 2. The van der Waals surface area contributed by atoms with Crippen LogP contribution < -0.4 is 5.32 Å². The first-order valence-electron chi connectivity index (χ1n) is 5.44. The lowest BCUT2D eigenvalue weighted by Gasteiger charge is -2.14. The molecule has 1 amide bonds. The lowest BCUT2D eigenvalue weighted by atomic mass is 10.0. The average Bonchev–Trinajstić information content (AvgIpc) is 2.21. The summed E-state index contributed by atoms with van der Waals surface area (Å²) in [5.74, 6) is -2.66. The standard InChI is InChI=1S/C13H17NO3/c1-7-5-8(2)11(9(3)6-7)14-12(15)10(4)13(16)17/h5-6,10H,1-4H3,(H,14,15)(H,16,17). The Morgan fingerprint density at radius 1 is 1.18 bits per heavy atom. The van der Waals surface area contributed by atoms with E-state index in [1.165, 1.54) is 6.92 Å². The summed E-state index contributed by atoms with van der Waals surface area (Å²) in [5.41, 5.74) is 3.69. The number of aryl methyl sites for hydroxylation is 3. The molecule has 1 atom stereocenters. The second kappa shape index (κ2) is 4.99. The van der Waals surface area contributed by atoms with Gasteiger partial charge in [-0.3, -0.25) is 9.59 Å². The van der Waals surface area contributed by atoms with Gasteiger partial charge in [-0.2, -0.15) is 0 Å². The minimum absolute atomic E-state index is 0.493. The summed E-state index contributed by atoms with van der Waals surface area (Å²) in [7, 11) is 0. The van der Waals surface area contributed by atoms with Crippen molar-refractivity contribution in [2.24, 2.45) is 5.92 Å². The Kier molecular flexibility index (Phi) is 3.89. The molecule has 0 saturated heterocycles. The molecule has 4 heteroatoms. The van der Waals surface area contributed by atoms with Gasteiger partial charge in [0.25, 0.3) is 0 Å². The highest BCUT2D eigenvalue weighted by molar-refractivity contribution is 6.04. The molecule has 1 unspecified atom stereocenters. The quantitative estimate of drug-likeness (QED) is 0.790. The van der Waals surface area contributed by atoms with Crippen LogP contribution in [0.1, 0.15) is 23.6 Å². The number of carboxylic acids is 1. The van der Waals surface area contributed by atoms with Crippen LogP contribution in [0.5, 0.6) is 0 Å². The fourth-order valence-electron chi connectivity index (χ4n) is 1.72. The number of carboxylic acid groups (broad SMARTS) is 1. The first-order valence-corrected chi connectivity index (χ1v) is 5.44. The van der Waals surface area contributed by atoms with Crippen molar-refractivity contribution in [3.05, 3.63) is 28.8 Å². The van der Waals surface area contributed by atoms with Gasteiger partial charge in [0.2, 0.25) is 5.91 Å². The molecule has 0 heterocycles. The first-order chi connectivity index (χ1) is 7.82. The SMILES string of the molecule is Cc1cc(C)c(NC(=O)C(C)C(=O)O)c(C)c1. The van der Waals surface area contributed by atoms with E-state index in [9.17, 15) is 9.59 Å². The Morgan fingerprint density at radius 3 is 2.06 bits per heavy atom. The van der Waals surface area contributed by atoms with Crippen LogP contribution in [-0.4, -0.2) is 17.0 Å². The number of rotatable bonds is 3. The van der Waals surface area contributed by atoms with E-state index in [0.29, 0.717) is 5.69 Å². The van der Waals surface area contributed by atoms with Crippen molar-refractivity contribution in [1.82, 2.24) is 0 Å². The van der Waals surface area contributed by atoms with Crippen LogP contribution in [0.3, 0.4) is 0 Å². The number of carbonyl (C=O) groups excluding carboxylic acids is 1. The van der Waals surface area contributed by atoms with Crippen LogP contribution in [0.25, 0.3) is 0 Å². The van der Waals surface area contributed by atoms with Crippen molar-refractivity contribution in [2.75, 3.05) is 5.32 Å². The van der Waals surface area contributed by atoms with Gasteiger partial charge >= 0.3 is 5.97 Å². The van der Waals surface area contributed by atoms with E-state index >= 15 is 0 Å². The number of aliphatic carboxylic acids is 1. The summed E-state index contributed by atoms with van der Waals surface area (Å²) in [6.07, 6.45) is 0. The molecule has 0 bridgehead atoms. The van der Waals surface area contributed by atoms with Crippen molar-refractivity contribution < 1.29 is 14.7 Å². The van der Waals surface area contributed by atoms with Crippen LogP contribution >= 0.6 is 0 Å². The minimum Gasteiger partial charge on any atom is -0.481 e. The molecule has 0 saturated carbocycles. The zero-order chi connectivity index (χ0) is 13.2. The number of hydrogen-bond acceptors (Lipinski definition) is 2. The number of anilines is 1. The molecule has 0 fully saturated rings. The van der Waals surface area contributed by atoms with Gasteiger partial charge in [-0.05, 0) is 38.8 Å². The molecular formula is C13H17NO3. The molecule has 0 spiro atoms. The fourth-order valence-corrected chi connectivity index (χ4v) is 1.72. The summed E-state index contributed by atoms with van der Waals surface area (Å²) >= 11 is 0. The van der Waals surface area contributed by atoms with Gasteiger partial charge in [-0.1, -0.05) is 17.7 Å². The zero-order valence-corrected chi connectivity index (χ0v) is 10.5. The summed E-state index contributed by atoms with van der Waals surface area (Å²) in [5, 5.41) is 11.4. The van der Waals surface area contributed by atoms with E-state index in [4.69, 9.17) is 5.11 Å². The van der Waals surface area contributed by atoms with E-state index in [-0.39, 0.29) is 0 Å². The molecule has 0 aromatic heterocycles. The molecule has 0 radical (unpaired) electrons. The Labute approximate surface area is 101 Å². The first kappa shape index (κ1) is 13.2. The predicted octanol–water partition coefficient (Wildman–Crippen LogP) is 2.27. The molecule has 0 aliphatic rings. The fraction of sp³-hybridized carbons (Fsp3) is 0.385. The van der Waals surface area contributed by atoms with Gasteiger partial charge in [0.05, 0.1) is 0 Å². The maximum atomic E-state index is 11.7. The lowest BCUT2D eigenvalue weighted by Crippen LogP contribution is -2.27. The third-order valence-corrected chi connectivity index (χ3v) is 2.69. The lowest BCUT2D eigenvalue weighted by molar-refractivity contribution is -0.144. The van der Waals surface area contributed by atoms with Gasteiger partial charge in [0, 0.05) is 5.69 Å². The van der Waals surface area contributed by atoms with Gasteiger partial charge in [0.1, 0.15) is 5.92 Å². The van der Waals surface area contributed by atoms with Gasteiger partial charge in [0.15, 0.2) is 0 Å². The number of nitrogens with one attached hydrogen (secondary N) is 1. The molecule has 1 aromatic rings. The second-order valence-corrected chi connectivity index (χ2v) is 4.32. The Bertz CT molecular complexity index is 443. The normalized spacial score (nSPS) is 12.0. The topological polar surface area (TPSA) is 66.4 Å². The Hall–Kier alpha value is -1.84. The van der Waals surface area contributed by atoms with Gasteiger partial charge in [-0.25, -0.2) is 0 Å². The van der Waals surface area contributed by atoms with Crippen molar-refractivity contribution in [3.63, 3.8) is 0 Å². The van der Waals surface area contributed by atoms with Crippen LogP contribution in [0.15, 0.2) is 12.1 Å². The summed E-state index contributed by atoms with van der Waals surface area (Å²) < 4.78 is 0. The third kappa shape index (κ3) is 3.06. The number of hydrogen-bond donors (Lipinski definition) is 2. The average molecular weight is 235 g/mol. The molecule has 1 rings (SSSR count). The zero-order valence-electron chi connectivity index (χ0n) is 10.5. The third-order valence-electron chi connectivity index (χ3n) is 2.69. The van der Waals surface area contributed by atoms with Crippen LogP contribution in [-0.2, 0) is 9.59 Å². The largest absolute Gasteiger partial charge is 0.481 e. The van der Waals surface area contributed by atoms with E-state index in [1.54, 1.807) is 0 Å². The van der Waals surface area contributed by atoms with Gasteiger partial charge < -0.3 is 10.4 Å². The van der Waals surface area contributed by atoms with E-state index < -0.39 is 17.8 Å². The maximum absolute atomic E-state index is 11.7. The summed E-state index contributed by atoms with van der Waals surface area (Å²) in [6, 6.07) is 3.90. The predicted molar refractivity (Wildman–Crippen MR) is 66.1 cm³/mol. The van der Waals surface area contributed by atoms with E-state index in [1.807, 2.05) is 32.9 Å². The van der Waals surface area contributed by atoms with Crippen molar-refractivity contribution in [2.45, 2.75) is 27.7 Å². The minimum atomic E-state index is -1.12. The second-order valence-electron chi connectivity index (χ2n) is 4.32. The Balaban J connectivity index is 2.96. The maximum Gasteiger partial charge on any atom is 0.315 e. The van der Waals surface area contributed by atoms with Crippen molar-refractivity contribution in [1.29, 1.82) is 0 Å². The number of amides is 1. The molecule has 4 nitrogen and oxygen atoms in total. The molecule has 0 aliphatic carbocycles. The summed E-state index contributed by atoms with van der Waals surface area (Å²) in [4.78, 5) is 22.3. The summed E-state index contributed by atoms with van der Waals surface area (Å²) in [6.45, 7) is 7.13. The van der Waals surface area contributed by atoms with E-state index in [2.05, 4.69) is 5.32 Å². The van der Waals surface area contributed by atoms with Crippen molar-refractivity contribution >= 4 is 17.6 Å². The molecule has 1 aromatic carbocycles. The number of benzene rings is 1. The van der Waals surface area contributed by atoms with Crippen LogP contribution in [0.2, 0.25) is 0 Å².